The predicted molar refractivity (Wildman–Crippen MR) is 143 cm³/mol. The second-order valence-electron chi connectivity index (χ2n) is 12.9. The Labute approximate surface area is 217 Å². The van der Waals surface area contributed by atoms with Crippen LogP contribution in [-0.2, 0) is 27.2 Å². The molecular weight excluding hydrogens is 450 g/mol. The summed E-state index contributed by atoms with van der Waals surface area (Å²) >= 11 is 0. The molecule has 1 fully saturated rings. The minimum absolute atomic E-state index is 0.106. The number of carbonyl (C=O) groups excluding carboxylic acids is 2. The van der Waals surface area contributed by atoms with E-state index in [9.17, 15) is 9.59 Å². The van der Waals surface area contributed by atoms with Gasteiger partial charge in [0.25, 0.3) is 0 Å². The van der Waals surface area contributed by atoms with E-state index in [2.05, 4.69) is 38.9 Å². The lowest BCUT2D eigenvalue weighted by atomic mass is 9.87. The number of hydrogen-bond donors (Lipinski definition) is 0. The zero-order valence-electron chi connectivity index (χ0n) is 23.6. The minimum atomic E-state index is -0.577. The Kier molecular flexibility index (Phi) is 8.84. The molecule has 1 heterocycles. The van der Waals surface area contributed by atoms with Crippen LogP contribution in [0.4, 0.5) is 0 Å². The van der Waals surface area contributed by atoms with Crippen molar-refractivity contribution < 1.29 is 18.8 Å². The fourth-order valence-electron chi connectivity index (χ4n) is 4.86. The van der Waals surface area contributed by atoms with Gasteiger partial charge in [-0.3, -0.25) is 9.59 Å². The molecule has 1 unspecified atom stereocenters. The first-order valence-corrected chi connectivity index (χ1v) is 13.5. The van der Waals surface area contributed by atoms with Crippen molar-refractivity contribution in [3.63, 3.8) is 0 Å². The second-order valence-corrected chi connectivity index (χ2v) is 12.9. The molecule has 0 N–H and O–H groups in total. The average Bonchev–Trinajstić information content (AvgIpc) is 3.47. The molecule has 1 saturated carbocycles. The maximum absolute atomic E-state index is 13.3. The highest BCUT2D eigenvalue weighted by molar-refractivity contribution is 5.83. The summed E-state index contributed by atoms with van der Waals surface area (Å²) < 4.78 is 11.5. The number of carbonyl (C=O) groups is 2. The van der Waals surface area contributed by atoms with E-state index in [-0.39, 0.29) is 35.9 Å². The van der Waals surface area contributed by atoms with Crippen molar-refractivity contribution in [2.24, 2.45) is 5.41 Å². The van der Waals surface area contributed by atoms with Gasteiger partial charge in [0.15, 0.2) is 0 Å². The molecule has 0 aliphatic heterocycles. The van der Waals surface area contributed by atoms with Gasteiger partial charge in [-0.25, -0.2) is 0 Å². The largest absolute Gasteiger partial charge is 0.460 e. The van der Waals surface area contributed by atoms with Gasteiger partial charge in [-0.05, 0) is 82.8 Å². The number of aryl methyl sites for hydroxylation is 3. The Morgan fingerprint density at radius 3 is 2.36 bits per heavy atom. The molecule has 1 atom stereocenters. The number of esters is 1. The first-order valence-electron chi connectivity index (χ1n) is 13.5. The molecule has 1 aliphatic carbocycles. The highest BCUT2D eigenvalue weighted by Gasteiger charge is 2.36. The Bertz CT molecular complexity index is 1060. The molecule has 0 bridgehead atoms. The molecule has 198 valence electrons. The van der Waals surface area contributed by atoms with Crippen LogP contribution in [-0.4, -0.2) is 22.5 Å². The van der Waals surface area contributed by atoms with Crippen LogP contribution in [0.2, 0.25) is 0 Å². The summed E-state index contributed by atoms with van der Waals surface area (Å²) in [6.45, 7) is 16.4. The summed E-state index contributed by atoms with van der Waals surface area (Å²) in [5.41, 5.74) is 4.97. The molecule has 1 aliphatic rings. The highest BCUT2D eigenvalue weighted by atomic mass is 16.6. The third-order valence-electron chi connectivity index (χ3n) is 6.73. The molecule has 0 amide bonds. The standard InChI is InChI=1S/C31H45NO4/c1-20-11-12-23(21(2)16-20)17-25(33)18-24(19-27(34)35-31(6,7)8)29-28(22-13-14-22)26(36-32-29)10-9-15-30(3,4)5/h11-12,16,22,24H,9-10,13-15,17-19H2,1-8H3. The number of benzene rings is 1. The third-order valence-corrected chi connectivity index (χ3v) is 6.73. The van der Waals surface area contributed by atoms with Gasteiger partial charge in [0.05, 0.1) is 12.1 Å². The molecule has 0 radical (unpaired) electrons. The molecule has 5 heteroatoms. The monoisotopic (exact) mass is 495 g/mol. The van der Waals surface area contributed by atoms with Crippen LogP contribution in [0.25, 0.3) is 0 Å². The number of hydrogen-bond acceptors (Lipinski definition) is 5. The maximum Gasteiger partial charge on any atom is 0.306 e. The van der Waals surface area contributed by atoms with Crippen molar-refractivity contribution in [1.29, 1.82) is 0 Å². The predicted octanol–water partition coefficient (Wildman–Crippen LogP) is 7.55. The zero-order chi connectivity index (χ0) is 26.7. The fraction of sp³-hybridized carbons (Fsp3) is 0.645. The van der Waals surface area contributed by atoms with E-state index in [1.165, 1.54) is 5.56 Å². The molecule has 1 aromatic carbocycles. The van der Waals surface area contributed by atoms with Crippen LogP contribution in [0.15, 0.2) is 22.7 Å². The van der Waals surface area contributed by atoms with Crippen LogP contribution in [0.5, 0.6) is 0 Å². The van der Waals surface area contributed by atoms with E-state index in [1.54, 1.807) is 0 Å². The van der Waals surface area contributed by atoms with Crippen molar-refractivity contribution in [3.8, 4) is 0 Å². The topological polar surface area (TPSA) is 69.4 Å². The van der Waals surface area contributed by atoms with Gasteiger partial charge >= 0.3 is 5.97 Å². The lowest BCUT2D eigenvalue weighted by Gasteiger charge is -2.22. The van der Waals surface area contributed by atoms with Gasteiger partial charge in [0.2, 0.25) is 0 Å². The molecule has 1 aromatic heterocycles. The summed E-state index contributed by atoms with van der Waals surface area (Å²) in [5.74, 6) is 0.827. The van der Waals surface area contributed by atoms with Crippen LogP contribution >= 0.6 is 0 Å². The molecule has 0 spiro atoms. The molecule has 36 heavy (non-hydrogen) atoms. The summed E-state index contributed by atoms with van der Waals surface area (Å²) in [6, 6.07) is 6.18. The van der Waals surface area contributed by atoms with Crippen molar-refractivity contribution >= 4 is 11.8 Å². The highest BCUT2D eigenvalue weighted by Crippen LogP contribution is 2.46. The molecular formula is C31H45NO4. The number of ketones is 1. The molecule has 0 saturated heterocycles. The van der Waals surface area contributed by atoms with Crippen LogP contribution < -0.4 is 0 Å². The quantitative estimate of drug-likeness (QED) is 0.301. The number of Topliss-reactive ketones (excluding diaryl/α,β-unsaturated/α-hetero) is 1. The Hall–Kier alpha value is -2.43. The van der Waals surface area contributed by atoms with Gasteiger partial charge in [0.1, 0.15) is 17.1 Å². The van der Waals surface area contributed by atoms with Gasteiger partial charge in [-0.15, -0.1) is 0 Å². The van der Waals surface area contributed by atoms with Crippen molar-refractivity contribution in [2.45, 2.75) is 124 Å². The number of ether oxygens (including phenoxy) is 1. The maximum atomic E-state index is 13.3. The van der Waals surface area contributed by atoms with E-state index in [4.69, 9.17) is 9.26 Å². The fourth-order valence-corrected chi connectivity index (χ4v) is 4.86. The van der Waals surface area contributed by atoms with Crippen molar-refractivity contribution in [1.82, 2.24) is 5.16 Å². The van der Waals surface area contributed by atoms with Gasteiger partial charge in [-0.1, -0.05) is 49.7 Å². The van der Waals surface area contributed by atoms with Crippen LogP contribution in [0, 0.1) is 19.3 Å². The van der Waals surface area contributed by atoms with E-state index >= 15 is 0 Å². The molecule has 2 aromatic rings. The summed E-state index contributed by atoms with van der Waals surface area (Å²) in [4.78, 5) is 26.1. The Morgan fingerprint density at radius 1 is 1.08 bits per heavy atom. The normalized spacial score (nSPS) is 15.1. The van der Waals surface area contributed by atoms with Crippen molar-refractivity contribution in [3.05, 3.63) is 51.9 Å². The smallest absolute Gasteiger partial charge is 0.306 e. The van der Waals surface area contributed by atoms with E-state index in [0.717, 1.165) is 60.2 Å². The number of nitrogens with zero attached hydrogens (tertiary/aromatic N) is 1. The van der Waals surface area contributed by atoms with Crippen molar-refractivity contribution in [2.75, 3.05) is 0 Å². The second kappa shape index (κ2) is 11.3. The van der Waals surface area contributed by atoms with Gasteiger partial charge < -0.3 is 9.26 Å². The summed E-state index contributed by atoms with van der Waals surface area (Å²) in [5, 5.41) is 4.50. The summed E-state index contributed by atoms with van der Waals surface area (Å²) in [6.07, 6.45) is 5.91. The first kappa shape index (κ1) is 28.1. The zero-order valence-corrected chi connectivity index (χ0v) is 23.6. The first-order chi connectivity index (χ1) is 16.7. The number of aromatic nitrogens is 1. The van der Waals surface area contributed by atoms with Gasteiger partial charge in [0, 0.05) is 30.7 Å². The molecule has 5 nitrogen and oxygen atoms in total. The SMILES string of the molecule is Cc1ccc(CC(=O)CC(CC(=O)OC(C)(C)C)c2noc(CCCC(C)(C)C)c2C2CC2)c(C)c1. The van der Waals surface area contributed by atoms with E-state index in [0.29, 0.717) is 12.3 Å². The average molecular weight is 496 g/mol. The summed E-state index contributed by atoms with van der Waals surface area (Å²) in [7, 11) is 0. The Balaban J connectivity index is 1.83. The third kappa shape index (κ3) is 8.60. The van der Waals surface area contributed by atoms with Crippen LogP contribution in [0.3, 0.4) is 0 Å². The minimum Gasteiger partial charge on any atom is -0.460 e. The van der Waals surface area contributed by atoms with E-state index < -0.39 is 5.60 Å². The van der Waals surface area contributed by atoms with E-state index in [1.807, 2.05) is 39.8 Å². The Morgan fingerprint density at radius 2 is 1.78 bits per heavy atom. The van der Waals surface area contributed by atoms with Crippen LogP contribution in [0.1, 0.15) is 126 Å². The molecule has 3 rings (SSSR count). The lowest BCUT2D eigenvalue weighted by molar-refractivity contribution is -0.155. The lowest BCUT2D eigenvalue weighted by Crippen LogP contribution is -2.26. The van der Waals surface area contributed by atoms with Gasteiger partial charge in [-0.2, -0.15) is 0 Å². The number of rotatable bonds is 11.